The van der Waals surface area contributed by atoms with Crippen molar-refractivity contribution in [1.29, 1.82) is 0 Å². The molecule has 3 aromatic rings. The molecule has 1 N–H and O–H groups in total. The second-order valence-electron chi connectivity index (χ2n) is 6.32. The second kappa shape index (κ2) is 9.29. The van der Waals surface area contributed by atoms with E-state index in [-0.39, 0.29) is 6.54 Å². The number of carbonyl (C=O) groups is 2. The fourth-order valence-corrected chi connectivity index (χ4v) is 2.84. The van der Waals surface area contributed by atoms with E-state index < -0.39 is 18.5 Å². The fourth-order valence-electron chi connectivity index (χ4n) is 2.71. The molecule has 0 unspecified atom stereocenters. The summed E-state index contributed by atoms with van der Waals surface area (Å²) in [7, 11) is 0. The summed E-state index contributed by atoms with van der Waals surface area (Å²) in [5.41, 5.74) is 3.44. The summed E-state index contributed by atoms with van der Waals surface area (Å²) < 4.78 is 5.03. The van der Waals surface area contributed by atoms with Crippen LogP contribution in [0.2, 0.25) is 5.02 Å². The van der Waals surface area contributed by atoms with Crippen LogP contribution in [0, 0.1) is 6.92 Å². The number of nitrogens with one attached hydrogen (secondary N) is 1. The van der Waals surface area contributed by atoms with Crippen molar-refractivity contribution in [3.05, 3.63) is 58.6 Å². The number of carbonyl (C=O) groups excluding carboxylic acids is 2. The molecule has 1 aromatic heterocycles. The molecule has 0 aliphatic carbocycles. The molecule has 8 nitrogen and oxygen atoms in total. The van der Waals surface area contributed by atoms with Gasteiger partial charge in [0.05, 0.1) is 0 Å². The zero-order valence-electron chi connectivity index (χ0n) is 16.1. The fraction of sp³-hybridized carbons (Fsp3) is 0.250. The number of amides is 1. The molecule has 0 aliphatic rings. The third-order valence-corrected chi connectivity index (χ3v) is 4.45. The number of anilines is 1. The van der Waals surface area contributed by atoms with Gasteiger partial charge in [-0.05, 0) is 54.0 Å². The number of aromatic nitrogens is 4. The summed E-state index contributed by atoms with van der Waals surface area (Å²) in [5, 5.41) is 15.3. The molecule has 0 saturated carbocycles. The molecule has 0 aliphatic heterocycles. The number of aryl methyl sites for hydroxylation is 2. The molecule has 1 heterocycles. The molecule has 9 heteroatoms. The molecule has 1 amide bonds. The molecule has 0 bridgehead atoms. The van der Waals surface area contributed by atoms with E-state index in [0.717, 1.165) is 33.6 Å². The summed E-state index contributed by atoms with van der Waals surface area (Å²) in [6.45, 7) is 3.27. The topological polar surface area (TPSA) is 99.0 Å². The molecule has 29 heavy (non-hydrogen) atoms. The van der Waals surface area contributed by atoms with Gasteiger partial charge in [-0.1, -0.05) is 36.7 Å². The van der Waals surface area contributed by atoms with E-state index in [1.165, 1.54) is 0 Å². The SMILES string of the molecule is CCc1cccc(C)c1NC(=O)COC(=O)Cn1nnc(-c2ccc(Cl)cc2)n1. The highest BCUT2D eigenvalue weighted by Crippen LogP contribution is 2.21. The van der Waals surface area contributed by atoms with Gasteiger partial charge in [-0.2, -0.15) is 4.80 Å². The van der Waals surface area contributed by atoms with E-state index in [1.807, 2.05) is 32.0 Å². The first-order valence-corrected chi connectivity index (χ1v) is 9.41. The highest BCUT2D eigenvalue weighted by atomic mass is 35.5. The van der Waals surface area contributed by atoms with Crippen molar-refractivity contribution in [2.24, 2.45) is 0 Å². The maximum absolute atomic E-state index is 12.2. The predicted octanol–water partition coefficient (Wildman–Crippen LogP) is 3.05. The third-order valence-electron chi connectivity index (χ3n) is 4.19. The predicted molar refractivity (Wildman–Crippen MR) is 108 cm³/mol. The lowest BCUT2D eigenvalue weighted by atomic mass is 10.1. The third kappa shape index (κ3) is 5.39. The summed E-state index contributed by atoms with van der Waals surface area (Å²) in [6, 6.07) is 12.7. The van der Waals surface area contributed by atoms with Gasteiger partial charge in [0.25, 0.3) is 5.91 Å². The van der Waals surface area contributed by atoms with Crippen LogP contribution in [0.4, 0.5) is 5.69 Å². The van der Waals surface area contributed by atoms with Crippen LogP contribution in [0.3, 0.4) is 0 Å². The van der Waals surface area contributed by atoms with Crippen LogP contribution >= 0.6 is 11.6 Å². The number of rotatable bonds is 7. The van der Waals surface area contributed by atoms with Crippen molar-refractivity contribution < 1.29 is 14.3 Å². The van der Waals surface area contributed by atoms with E-state index >= 15 is 0 Å². The molecule has 0 saturated heterocycles. The van der Waals surface area contributed by atoms with Crippen molar-refractivity contribution in [2.75, 3.05) is 11.9 Å². The van der Waals surface area contributed by atoms with Crippen molar-refractivity contribution in [3.63, 3.8) is 0 Å². The number of nitrogens with zero attached hydrogens (tertiary/aromatic N) is 4. The lowest BCUT2D eigenvalue weighted by Gasteiger charge is -2.13. The van der Waals surface area contributed by atoms with Crippen molar-refractivity contribution >= 4 is 29.2 Å². The van der Waals surface area contributed by atoms with Crippen LogP contribution in [-0.2, 0) is 27.3 Å². The molecule has 0 atom stereocenters. The van der Waals surface area contributed by atoms with Crippen LogP contribution in [0.5, 0.6) is 0 Å². The Morgan fingerprint density at radius 3 is 2.66 bits per heavy atom. The van der Waals surface area contributed by atoms with Crippen molar-refractivity contribution in [3.8, 4) is 11.4 Å². The number of halogens is 1. The average Bonchev–Trinajstić information content (AvgIpc) is 3.17. The molecular weight excluding hydrogens is 394 g/mol. The summed E-state index contributed by atoms with van der Waals surface area (Å²) in [5.74, 6) is -0.685. The van der Waals surface area contributed by atoms with Crippen LogP contribution < -0.4 is 5.32 Å². The van der Waals surface area contributed by atoms with Gasteiger partial charge < -0.3 is 10.1 Å². The maximum atomic E-state index is 12.2. The monoisotopic (exact) mass is 413 g/mol. The number of esters is 1. The Kier molecular flexibility index (Phi) is 6.56. The highest BCUT2D eigenvalue weighted by Gasteiger charge is 2.14. The van der Waals surface area contributed by atoms with Crippen molar-refractivity contribution in [2.45, 2.75) is 26.8 Å². The number of para-hydroxylation sites is 1. The Labute approximate surface area is 172 Å². The molecular formula is C20H20ClN5O3. The highest BCUT2D eigenvalue weighted by molar-refractivity contribution is 6.30. The first kappa shape index (κ1) is 20.5. The molecule has 0 radical (unpaired) electrons. The Morgan fingerprint density at radius 2 is 1.93 bits per heavy atom. The number of benzene rings is 2. The summed E-state index contributed by atoms with van der Waals surface area (Å²) in [4.78, 5) is 25.3. The van der Waals surface area contributed by atoms with Crippen molar-refractivity contribution in [1.82, 2.24) is 20.2 Å². The van der Waals surface area contributed by atoms with Gasteiger partial charge in [0.1, 0.15) is 0 Å². The first-order valence-electron chi connectivity index (χ1n) is 9.04. The minimum Gasteiger partial charge on any atom is -0.454 e. The maximum Gasteiger partial charge on any atom is 0.330 e. The Bertz CT molecular complexity index is 1020. The molecule has 2 aromatic carbocycles. The second-order valence-corrected chi connectivity index (χ2v) is 6.76. The number of tetrazole rings is 1. The molecule has 3 rings (SSSR count). The van der Waals surface area contributed by atoms with E-state index in [1.54, 1.807) is 24.3 Å². The Morgan fingerprint density at radius 1 is 1.17 bits per heavy atom. The lowest BCUT2D eigenvalue weighted by Crippen LogP contribution is -2.24. The van der Waals surface area contributed by atoms with Crippen LogP contribution in [-0.4, -0.2) is 38.7 Å². The van der Waals surface area contributed by atoms with Gasteiger partial charge in [0, 0.05) is 16.3 Å². The van der Waals surface area contributed by atoms with Gasteiger partial charge in [0.15, 0.2) is 13.2 Å². The Hall–Kier alpha value is -3.26. The smallest absolute Gasteiger partial charge is 0.330 e. The number of hydrogen-bond donors (Lipinski definition) is 1. The minimum absolute atomic E-state index is 0.252. The van der Waals surface area contributed by atoms with E-state index in [0.29, 0.717) is 10.8 Å². The van der Waals surface area contributed by atoms with Gasteiger partial charge in [-0.15, -0.1) is 10.2 Å². The first-order chi connectivity index (χ1) is 14.0. The Balaban J connectivity index is 1.53. The van der Waals surface area contributed by atoms with Crippen LogP contribution in [0.15, 0.2) is 42.5 Å². The standard InChI is InChI=1S/C20H20ClN5O3/c1-3-14-6-4-5-13(2)19(14)22-17(27)12-29-18(28)11-26-24-20(23-25-26)15-7-9-16(21)10-8-15/h4-10H,3,11-12H2,1-2H3,(H,22,27). The minimum atomic E-state index is -0.638. The summed E-state index contributed by atoms with van der Waals surface area (Å²) >= 11 is 5.85. The largest absolute Gasteiger partial charge is 0.454 e. The number of ether oxygens (including phenoxy) is 1. The molecule has 0 fully saturated rings. The number of hydrogen-bond acceptors (Lipinski definition) is 6. The van der Waals surface area contributed by atoms with E-state index in [4.69, 9.17) is 16.3 Å². The molecule has 0 spiro atoms. The van der Waals surface area contributed by atoms with E-state index in [9.17, 15) is 9.59 Å². The van der Waals surface area contributed by atoms with Gasteiger partial charge in [-0.25, -0.2) is 4.79 Å². The van der Waals surface area contributed by atoms with Crippen LogP contribution in [0.25, 0.3) is 11.4 Å². The van der Waals surface area contributed by atoms with Gasteiger partial charge in [0.2, 0.25) is 5.82 Å². The normalized spacial score (nSPS) is 10.6. The average molecular weight is 414 g/mol. The molecule has 150 valence electrons. The lowest BCUT2D eigenvalue weighted by molar-refractivity contribution is -0.148. The van der Waals surface area contributed by atoms with E-state index in [2.05, 4.69) is 20.7 Å². The van der Waals surface area contributed by atoms with Gasteiger partial charge >= 0.3 is 5.97 Å². The zero-order valence-corrected chi connectivity index (χ0v) is 16.8. The quantitative estimate of drug-likeness (QED) is 0.597. The summed E-state index contributed by atoms with van der Waals surface area (Å²) in [6.07, 6.45) is 0.783. The van der Waals surface area contributed by atoms with Gasteiger partial charge in [-0.3, -0.25) is 4.79 Å². The van der Waals surface area contributed by atoms with Crippen LogP contribution in [0.1, 0.15) is 18.1 Å². The zero-order chi connectivity index (χ0) is 20.8.